The van der Waals surface area contributed by atoms with E-state index in [-0.39, 0.29) is 23.3 Å². The molecule has 3 aliphatic rings. The van der Waals surface area contributed by atoms with E-state index in [4.69, 9.17) is 0 Å². The molecule has 0 radical (unpaired) electrons. The number of hydrogen-bond acceptors (Lipinski definition) is 4. The summed E-state index contributed by atoms with van der Waals surface area (Å²) in [7, 11) is 0. The third kappa shape index (κ3) is 5.02. The van der Waals surface area contributed by atoms with Crippen LogP contribution in [0, 0.1) is 11.3 Å². The molecule has 3 fully saturated rings. The third-order valence-corrected chi connectivity index (χ3v) is 8.24. The Hall–Kier alpha value is -2.73. The number of aromatic nitrogens is 1. The summed E-state index contributed by atoms with van der Waals surface area (Å²) >= 11 is 0. The van der Waals surface area contributed by atoms with Gasteiger partial charge in [-0.3, -0.25) is 14.6 Å². The third-order valence-electron chi connectivity index (χ3n) is 8.24. The van der Waals surface area contributed by atoms with Crippen LogP contribution >= 0.6 is 0 Å². The molecule has 5 rings (SSSR count). The lowest BCUT2D eigenvalue weighted by Gasteiger charge is -2.38. The summed E-state index contributed by atoms with van der Waals surface area (Å²) in [5, 5.41) is 3.33. The molecule has 2 aromatic rings. The number of carbonyl (C=O) groups is 2. The molecule has 1 N–H and O–H groups in total. The van der Waals surface area contributed by atoms with Gasteiger partial charge >= 0.3 is 0 Å². The molecule has 0 bridgehead atoms. The van der Waals surface area contributed by atoms with Gasteiger partial charge in [-0.25, -0.2) is 0 Å². The number of piperidine rings is 1. The van der Waals surface area contributed by atoms with E-state index >= 15 is 0 Å². The molecule has 1 unspecified atom stereocenters. The smallest absolute Gasteiger partial charge is 0.229 e. The Morgan fingerprint density at radius 2 is 1.82 bits per heavy atom. The Labute approximate surface area is 202 Å². The van der Waals surface area contributed by atoms with Crippen LogP contribution in [0.1, 0.15) is 62.1 Å². The Kier molecular flexibility index (Phi) is 6.95. The van der Waals surface area contributed by atoms with Gasteiger partial charge in [0.1, 0.15) is 0 Å². The van der Waals surface area contributed by atoms with Crippen LogP contribution < -0.4 is 5.32 Å². The van der Waals surface area contributed by atoms with Crippen LogP contribution in [0.5, 0.6) is 0 Å². The standard InChI is InChI=1S/C28H36N4O2/c33-26(24-9-4-10-24)30-25(23-7-2-1-3-8-23)11-16-31-17-12-28(13-18-31)14-19-32(27(28)34)21-22-6-5-15-29-20-22/h1-3,5-8,15,20,24-25H,4,9-14,16-19,21H2,(H,30,33). The predicted octanol–water partition coefficient (Wildman–Crippen LogP) is 3.94. The first-order valence-electron chi connectivity index (χ1n) is 12.9. The van der Waals surface area contributed by atoms with E-state index in [9.17, 15) is 9.59 Å². The molecular weight excluding hydrogens is 424 g/mol. The molecule has 6 nitrogen and oxygen atoms in total. The lowest BCUT2D eigenvalue weighted by Crippen LogP contribution is -2.45. The average molecular weight is 461 g/mol. The van der Waals surface area contributed by atoms with E-state index in [2.05, 4.69) is 27.3 Å². The van der Waals surface area contributed by atoms with Gasteiger partial charge in [-0.1, -0.05) is 42.8 Å². The van der Waals surface area contributed by atoms with E-state index in [1.165, 1.54) is 12.0 Å². The molecule has 2 amide bonds. The molecule has 1 aromatic heterocycles. The molecule has 6 heteroatoms. The maximum atomic E-state index is 13.3. The van der Waals surface area contributed by atoms with Gasteiger partial charge in [0.05, 0.1) is 11.5 Å². The first-order valence-corrected chi connectivity index (χ1v) is 12.9. The van der Waals surface area contributed by atoms with E-state index in [0.717, 1.165) is 70.3 Å². The van der Waals surface area contributed by atoms with Crippen LogP contribution in [0.3, 0.4) is 0 Å². The van der Waals surface area contributed by atoms with Gasteiger partial charge in [0, 0.05) is 37.9 Å². The summed E-state index contributed by atoms with van der Waals surface area (Å²) in [6, 6.07) is 14.4. The van der Waals surface area contributed by atoms with E-state index in [1.54, 1.807) is 6.20 Å². The van der Waals surface area contributed by atoms with Crippen LogP contribution in [0.15, 0.2) is 54.9 Å². The molecule has 3 heterocycles. The largest absolute Gasteiger partial charge is 0.349 e. The quantitative estimate of drug-likeness (QED) is 0.648. The van der Waals surface area contributed by atoms with Gasteiger partial charge in [-0.05, 0) is 68.8 Å². The second kappa shape index (κ2) is 10.3. The lowest BCUT2D eigenvalue weighted by atomic mass is 9.77. The monoisotopic (exact) mass is 460 g/mol. The van der Waals surface area contributed by atoms with Gasteiger partial charge in [0.2, 0.25) is 11.8 Å². The van der Waals surface area contributed by atoms with Crippen LogP contribution in [0.25, 0.3) is 0 Å². The first-order chi connectivity index (χ1) is 16.6. The minimum absolute atomic E-state index is 0.0493. The van der Waals surface area contributed by atoms with Crippen molar-refractivity contribution in [3.8, 4) is 0 Å². The number of hydrogen-bond donors (Lipinski definition) is 1. The van der Waals surface area contributed by atoms with Crippen molar-refractivity contribution in [2.75, 3.05) is 26.2 Å². The highest BCUT2D eigenvalue weighted by molar-refractivity contribution is 5.85. The molecule has 1 saturated carbocycles. The summed E-state index contributed by atoms with van der Waals surface area (Å²) in [5.41, 5.74) is 2.09. The van der Waals surface area contributed by atoms with Crippen LogP contribution in [0.4, 0.5) is 0 Å². The van der Waals surface area contributed by atoms with E-state index in [0.29, 0.717) is 12.5 Å². The lowest BCUT2D eigenvalue weighted by molar-refractivity contribution is -0.139. The number of pyridine rings is 1. The Balaban J connectivity index is 1.14. The summed E-state index contributed by atoms with van der Waals surface area (Å²) < 4.78 is 0. The van der Waals surface area contributed by atoms with Crippen molar-refractivity contribution >= 4 is 11.8 Å². The molecule has 1 aromatic carbocycles. The normalized spacial score (nSPS) is 21.4. The molecule has 1 atom stereocenters. The second-order valence-electron chi connectivity index (χ2n) is 10.3. The highest BCUT2D eigenvalue weighted by Gasteiger charge is 2.47. The SMILES string of the molecule is O=C(NC(CCN1CCC2(CC1)CCN(Cc1cccnc1)C2=O)c1ccccc1)C1CCC1. The van der Waals surface area contributed by atoms with Crippen molar-refractivity contribution in [3.63, 3.8) is 0 Å². The molecule has 1 aliphatic carbocycles. The maximum Gasteiger partial charge on any atom is 0.229 e. The van der Waals surface area contributed by atoms with Gasteiger partial charge in [0.15, 0.2) is 0 Å². The van der Waals surface area contributed by atoms with Crippen molar-refractivity contribution in [3.05, 3.63) is 66.0 Å². The summed E-state index contributed by atoms with van der Waals surface area (Å²) in [4.78, 5) is 34.6. The highest BCUT2D eigenvalue weighted by Crippen LogP contribution is 2.42. The minimum atomic E-state index is -0.185. The molecule has 180 valence electrons. The molecular formula is C28H36N4O2. The topological polar surface area (TPSA) is 65.5 Å². The zero-order chi connectivity index (χ0) is 23.4. The number of amides is 2. The zero-order valence-electron chi connectivity index (χ0n) is 20.0. The van der Waals surface area contributed by atoms with Gasteiger partial charge < -0.3 is 15.1 Å². The van der Waals surface area contributed by atoms with E-state index < -0.39 is 0 Å². The first kappa shape index (κ1) is 23.0. The summed E-state index contributed by atoms with van der Waals surface area (Å²) in [6.07, 6.45) is 10.6. The molecule has 2 aliphatic heterocycles. The number of rotatable bonds is 8. The average Bonchev–Trinajstić information content (AvgIpc) is 3.12. The minimum Gasteiger partial charge on any atom is -0.349 e. The number of nitrogens with one attached hydrogen (secondary N) is 1. The summed E-state index contributed by atoms with van der Waals surface area (Å²) in [5.74, 6) is 0.734. The highest BCUT2D eigenvalue weighted by atomic mass is 16.2. The number of nitrogens with zero attached hydrogens (tertiary/aromatic N) is 3. The van der Waals surface area contributed by atoms with Gasteiger partial charge in [0.25, 0.3) is 0 Å². The fourth-order valence-electron chi connectivity index (χ4n) is 5.70. The zero-order valence-corrected chi connectivity index (χ0v) is 20.0. The predicted molar refractivity (Wildman–Crippen MR) is 132 cm³/mol. The van der Waals surface area contributed by atoms with Crippen molar-refractivity contribution in [2.45, 2.75) is 57.5 Å². The fourth-order valence-corrected chi connectivity index (χ4v) is 5.70. The molecule has 2 saturated heterocycles. The Morgan fingerprint density at radius 1 is 1.06 bits per heavy atom. The van der Waals surface area contributed by atoms with E-state index in [1.807, 2.05) is 41.4 Å². The number of likely N-dealkylation sites (tertiary alicyclic amines) is 2. The van der Waals surface area contributed by atoms with Crippen LogP contribution in [0.2, 0.25) is 0 Å². The van der Waals surface area contributed by atoms with Crippen LogP contribution in [-0.4, -0.2) is 52.8 Å². The summed E-state index contributed by atoms with van der Waals surface area (Å²) in [6.45, 7) is 4.35. The van der Waals surface area contributed by atoms with Crippen molar-refractivity contribution in [1.82, 2.24) is 20.1 Å². The molecule has 1 spiro atoms. The van der Waals surface area contributed by atoms with Crippen molar-refractivity contribution in [1.29, 1.82) is 0 Å². The van der Waals surface area contributed by atoms with Crippen molar-refractivity contribution in [2.24, 2.45) is 11.3 Å². The maximum absolute atomic E-state index is 13.3. The Morgan fingerprint density at radius 3 is 2.50 bits per heavy atom. The van der Waals surface area contributed by atoms with Crippen LogP contribution in [-0.2, 0) is 16.1 Å². The number of carbonyl (C=O) groups excluding carboxylic acids is 2. The van der Waals surface area contributed by atoms with Gasteiger partial charge in [-0.2, -0.15) is 0 Å². The second-order valence-corrected chi connectivity index (χ2v) is 10.3. The molecule has 34 heavy (non-hydrogen) atoms. The Bertz CT molecular complexity index is 968. The van der Waals surface area contributed by atoms with Crippen molar-refractivity contribution < 1.29 is 9.59 Å². The number of benzene rings is 1. The fraction of sp³-hybridized carbons (Fsp3) is 0.536. The van der Waals surface area contributed by atoms with Gasteiger partial charge in [-0.15, -0.1) is 0 Å².